The van der Waals surface area contributed by atoms with Gasteiger partial charge >= 0.3 is 0 Å². The van der Waals surface area contributed by atoms with Crippen molar-refractivity contribution in [1.29, 1.82) is 0 Å². The van der Waals surface area contributed by atoms with E-state index < -0.39 is 0 Å². The van der Waals surface area contributed by atoms with Gasteiger partial charge < -0.3 is 14.8 Å². The van der Waals surface area contributed by atoms with Crippen LogP contribution >= 0.6 is 0 Å². The molecule has 1 atom stereocenters. The topological polar surface area (TPSA) is 67.2 Å². The molecule has 4 aromatic rings. The zero-order valence-electron chi connectivity index (χ0n) is 20.4. The van der Waals surface area contributed by atoms with Crippen LogP contribution in [0.3, 0.4) is 0 Å². The van der Waals surface area contributed by atoms with Gasteiger partial charge in [-0.25, -0.2) is 4.98 Å². The van der Waals surface area contributed by atoms with E-state index in [0.29, 0.717) is 17.9 Å². The average molecular weight is 467 g/mol. The Hall–Kier alpha value is -3.93. The molecule has 5 rings (SSSR count). The molecule has 1 aliphatic heterocycles. The van der Waals surface area contributed by atoms with Crippen molar-refractivity contribution in [1.82, 2.24) is 14.9 Å². The van der Waals surface area contributed by atoms with Gasteiger partial charge in [-0.2, -0.15) is 0 Å². The summed E-state index contributed by atoms with van der Waals surface area (Å²) in [7, 11) is 0. The third-order valence-electron chi connectivity index (χ3n) is 6.75. The van der Waals surface area contributed by atoms with Crippen LogP contribution in [-0.4, -0.2) is 27.9 Å². The molecule has 178 valence electrons. The number of rotatable bonds is 5. The number of hydrogen-bond acceptors (Lipinski definition) is 3. The maximum Gasteiger partial charge on any atom is 0.252 e. The molecule has 0 aliphatic carbocycles. The van der Waals surface area contributed by atoms with Crippen molar-refractivity contribution in [2.24, 2.45) is 0 Å². The fourth-order valence-electron chi connectivity index (χ4n) is 5.01. The first-order valence-electron chi connectivity index (χ1n) is 12.1. The minimum absolute atomic E-state index is 0.0226. The molecule has 0 radical (unpaired) electrons. The number of carbonyl (C=O) groups is 2. The maximum absolute atomic E-state index is 13.6. The molecule has 0 fully saturated rings. The largest absolute Gasteiger partial charge is 0.342 e. The van der Waals surface area contributed by atoms with Crippen molar-refractivity contribution in [3.8, 4) is 0 Å². The van der Waals surface area contributed by atoms with Crippen molar-refractivity contribution < 1.29 is 9.59 Å². The summed E-state index contributed by atoms with van der Waals surface area (Å²) in [6.07, 6.45) is 1.93. The number of aryl methyl sites for hydroxylation is 3. The first-order valence-corrected chi connectivity index (χ1v) is 12.1. The number of nitrogens with one attached hydrogen (secondary N) is 1. The molecule has 6 nitrogen and oxygen atoms in total. The van der Waals surface area contributed by atoms with Crippen molar-refractivity contribution in [2.45, 2.75) is 46.2 Å². The number of anilines is 1. The summed E-state index contributed by atoms with van der Waals surface area (Å²) in [6.45, 7) is 6.74. The number of imidazole rings is 1. The fraction of sp³-hybridized carbons (Fsp3) is 0.276. The quantitative estimate of drug-likeness (QED) is 0.444. The second-order valence-corrected chi connectivity index (χ2v) is 9.34. The Morgan fingerprint density at radius 1 is 1.03 bits per heavy atom. The lowest BCUT2D eigenvalue weighted by Gasteiger charge is -2.30. The van der Waals surface area contributed by atoms with Crippen molar-refractivity contribution in [3.05, 3.63) is 94.8 Å². The van der Waals surface area contributed by atoms with Gasteiger partial charge in [-0.3, -0.25) is 9.59 Å². The Balaban J connectivity index is 1.45. The molecule has 0 saturated heterocycles. The summed E-state index contributed by atoms with van der Waals surface area (Å²) < 4.78 is 1.95. The van der Waals surface area contributed by atoms with Crippen molar-refractivity contribution in [2.75, 3.05) is 11.4 Å². The highest BCUT2D eigenvalue weighted by molar-refractivity contribution is 5.96. The Morgan fingerprint density at radius 3 is 2.63 bits per heavy atom. The number of para-hydroxylation sites is 3. The molecule has 6 heteroatoms. The number of hydrogen-bond donors (Lipinski definition) is 1. The summed E-state index contributed by atoms with van der Waals surface area (Å²) in [5, 5.41) is 3.10. The Morgan fingerprint density at radius 2 is 1.80 bits per heavy atom. The van der Waals surface area contributed by atoms with Crippen LogP contribution in [0.4, 0.5) is 5.69 Å². The summed E-state index contributed by atoms with van der Waals surface area (Å²) in [4.78, 5) is 33.3. The van der Waals surface area contributed by atoms with E-state index >= 15 is 0 Å². The molecule has 0 spiro atoms. The second-order valence-electron chi connectivity index (χ2n) is 9.34. The molecule has 2 heterocycles. The molecular formula is C29H30N4O2. The van der Waals surface area contributed by atoms with Gasteiger partial charge in [0.15, 0.2) is 0 Å². The van der Waals surface area contributed by atoms with E-state index in [-0.39, 0.29) is 24.4 Å². The van der Waals surface area contributed by atoms with E-state index in [9.17, 15) is 9.59 Å². The first-order chi connectivity index (χ1) is 16.9. The number of amides is 2. The normalized spacial score (nSPS) is 14.0. The van der Waals surface area contributed by atoms with Crippen LogP contribution in [0.1, 0.15) is 52.3 Å². The van der Waals surface area contributed by atoms with Gasteiger partial charge in [0.25, 0.3) is 5.91 Å². The van der Waals surface area contributed by atoms with Gasteiger partial charge in [-0.1, -0.05) is 48.0 Å². The first kappa shape index (κ1) is 22.8. The predicted molar refractivity (Wildman–Crippen MR) is 139 cm³/mol. The molecule has 1 N–H and O–H groups in total. The van der Waals surface area contributed by atoms with Gasteiger partial charge in [-0.15, -0.1) is 0 Å². The fourth-order valence-corrected chi connectivity index (χ4v) is 5.01. The van der Waals surface area contributed by atoms with E-state index in [2.05, 4.69) is 11.4 Å². The monoisotopic (exact) mass is 466 g/mol. The zero-order chi connectivity index (χ0) is 24.5. The molecule has 0 bridgehead atoms. The molecule has 0 saturated carbocycles. The van der Waals surface area contributed by atoms with E-state index in [0.717, 1.165) is 40.7 Å². The number of aromatic nitrogens is 2. The van der Waals surface area contributed by atoms with E-state index in [1.807, 2.05) is 90.9 Å². The maximum atomic E-state index is 13.6. The highest BCUT2D eigenvalue weighted by Gasteiger charge is 2.26. The minimum Gasteiger partial charge on any atom is -0.342 e. The molecule has 1 unspecified atom stereocenters. The van der Waals surface area contributed by atoms with Crippen molar-refractivity contribution in [3.63, 3.8) is 0 Å². The van der Waals surface area contributed by atoms with Gasteiger partial charge in [0.1, 0.15) is 12.4 Å². The smallest absolute Gasteiger partial charge is 0.252 e. The van der Waals surface area contributed by atoms with Gasteiger partial charge in [-0.05, 0) is 69.0 Å². The van der Waals surface area contributed by atoms with E-state index in [1.54, 1.807) is 0 Å². The van der Waals surface area contributed by atoms with Gasteiger partial charge in [0.2, 0.25) is 5.91 Å². The lowest BCUT2D eigenvalue weighted by atomic mass is 10.0. The van der Waals surface area contributed by atoms with Gasteiger partial charge in [0.05, 0.1) is 17.1 Å². The standard InChI is InChI=1S/C29H30N4O2/c1-19-14-15-23(20(2)17-19)29(35)30-21(3)28-31-24-11-5-7-13-26(24)33(28)18-27(34)32-16-8-10-22-9-4-6-12-25(22)32/h4-7,9,11-15,17,21H,8,10,16,18H2,1-3H3,(H,30,35). The van der Waals surface area contributed by atoms with E-state index in [1.165, 1.54) is 5.56 Å². The summed E-state index contributed by atoms with van der Waals surface area (Å²) in [5.74, 6) is 0.544. The zero-order valence-corrected chi connectivity index (χ0v) is 20.4. The third kappa shape index (κ3) is 4.44. The molecule has 1 aromatic heterocycles. The Labute approximate surface area is 205 Å². The highest BCUT2D eigenvalue weighted by atomic mass is 16.2. The van der Waals surface area contributed by atoms with Gasteiger partial charge in [0, 0.05) is 17.8 Å². The number of benzene rings is 3. The summed E-state index contributed by atoms with van der Waals surface area (Å²) >= 11 is 0. The number of carbonyl (C=O) groups excluding carboxylic acids is 2. The predicted octanol–water partition coefficient (Wildman–Crippen LogP) is 5.12. The summed E-state index contributed by atoms with van der Waals surface area (Å²) in [5.41, 5.74) is 6.58. The summed E-state index contributed by atoms with van der Waals surface area (Å²) in [6, 6.07) is 21.3. The van der Waals surface area contributed by atoms with Crippen LogP contribution in [0.5, 0.6) is 0 Å². The number of nitrogens with zero attached hydrogens (tertiary/aromatic N) is 3. The lowest BCUT2D eigenvalue weighted by molar-refractivity contribution is -0.119. The van der Waals surface area contributed by atoms with Crippen LogP contribution in [0.25, 0.3) is 11.0 Å². The van der Waals surface area contributed by atoms with E-state index in [4.69, 9.17) is 4.98 Å². The van der Waals surface area contributed by atoms with Crippen LogP contribution in [0, 0.1) is 13.8 Å². The Bertz CT molecular complexity index is 1420. The third-order valence-corrected chi connectivity index (χ3v) is 6.75. The number of fused-ring (bicyclic) bond motifs is 2. The average Bonchev–Trinajstić information content (AvgIpc) is 3.22. The van der Waals surface area contributed by atoms with Crippen LogP contribution in [0.2, 0.25) is 0 Å². The van der Waals surface area contributed by atoms with Crippen LogP contribution < -0.4 is 10.2 Å². The Kier molecular flexibility index (Phi) is 6.12. The SMILES string of the molecule is Cc1ccc(C(=O)NC(C)c2nc3ccccc3n2CC(=O)N2CCCc3ccccc32)c(C)c1. The van der Waals surface area contributed by atoms with Crippen LogP contribution in [0.15, 0.2) is 66.7 Å². The highest BCUT2D eigenvalue weighted by Crippen LogP contribution is 2.28. The molecule has 35 heavy (non-hydrogen) atoms. The molecule has 3 aromatic carbocycles. The lowest BCUT2D eigenvalue weighted by Crippen LogP contribution is -2.38. The molecule has 1 aliphatic rings. The van der Waals surface area contributed by atoms with Crippen LogP contribution in [-0.2, 0) is 17.8 Å². The van der Waals surface area contributed by atoms with Crippen molar-refractivity contribution >= 4 is 28.5 Å². The second kappa shape index (κ2) is 9.37. The minimum atomic E-state index is -0.378. The molecule has 2 amide bonds. The molecular weight excluding hydrogens is 436 g/mol.